The van der Waals surface area contributed by atoms with Crippen LogP contribution in [0.2, 0.25) is 0 Å². The van der Waals surface area contributed by atoms with E-state index in [1.807, 2.05) is 41.3 Å². The molecule has 0 aromatic heterocycles. The minimum Gasteiger partial charge on any atom is -0.489 e. The number of hydrogen-bond donors (Lipinski definition) is 1. The molecule has 0 spiro atoms. The van der Waals surface area contributed by atoms with Crippen LogP contribution in [0.25, 0.3) is 10.8 Å². The molecular weight excluding hydrogens is 557 g/mol. The molecule has 0 amide bonds. The fraction of sp³-hybridized carbons (Fsp3) is 0.378. The van der Waals surface area contributed by atoms with Gasteiger partial charge in [0.25, 0.3) is 0 Å². The van der Waals surface area contributed by atoms with Crippen molar-refractivity contribution in [2.75, 3.05) is 6.54 Å². The molecule has 2 aliphatic carbocycles. The molecule has 6 rings (SSSR count). The summed E-state index contributed by atoms with van der Waals surface area (Å²) in [6.07, 6.45) is 1.70. The molecule has 228 valence electrons. The van der Waals surface area contributed by atoms with Gasteiger partial charge in [0.15, 0.2) is 11.6 Å². The first kappa shape index (κ1) is 29.8. The highest BCUT2D eigenvalue weighted by Gasteiger charge is 2.49. The van der Waals surface area contributed by atoms with E-state index in [0.717, 1.165) is 27.7 Å². The molecule has 6 nitrogen and oxygen atoms in total. The monoisotopic (exact) mass is 595 g/mol. The molecule has 1 N–H and O–H groups in total. The predicted octanol–water partition coefficient (Wildman–Crippen LogP) is 7.72. The lowest BCUT2D eigenvalue weighted by Crippen LogP contribution is -2.45. The number of nitrogens with zero attached hydrogens (tertiary/aromatic N) is 1. The average molecular weight is 596 g/mol. The molecule has 0 saturated carbocycles. The number of aliphatic carboxylic acids is 1. The molecule has 0 radical (unpaired) electrons. The van der Waals surface area contributed by atoms with Gasteiger partial charge < -0.3 is 14.7 Å². The van der Waals surface area contributed by atoms with E-state index in [4.69, 9.17) is 4.74 Å². The van der Waals surface area contributed by atoms with E-state index in [-0.39, 0.29) is 47.8 Å². The van der Waals surface area contributed by atoms with Gasteiger partial charge in [0.2, 0.25) is 0 Å². The summed E-state index contributed by atoms with van der Waals surface area (Å²) >= 11 is 0. The van der Waals surface area contributed by atoms with Gasteiger partial charge in [-0.05, 0) is 58.2 Å². The number of carboxylic acids is 1. The zero-order valence-electron chi connectivity index (χ0n) is 25.7. The molecule has 0 unspecified atom stereocenters. The fourth-order valence-electron chi connectivity index (χ4n) is 7.30. The third-order valence-electron chi connectivity index (χ3n) is 9.07. The first-order chi connectivity index (χ1) is 20.8. The lowest BCUT2D eigenvalue weighted by molar-refractivity contribution is -0.137. The second-order valence-electron chi connectivity index (χ2n) is 13.9. The third kappa shape index (κ3) is 5.56. The van der Waals surface area contributed by atoms with Gasteiger partial charge in [-0.25, -0.2) is 4.39 Å². The molecular formula is C37H38FNO5. The highest BCUT2D eigenvalue weighted by atomic mass is 19.1. The van der Waals surface area contributed by atoms with Crippen LogP contribution in [0.5, 0.6) is 5.75 Å². The topological polar surface area (TPSA) is 83.9 Å². The van der Waals surface area contributed by atoms with Crippen molar-refractivity contribution < 1.29 is 28.6 Å². The van der Waals surface area contributed by atoms with E-state index < -0.39 is 11.9 Å². The predicted molar refractivity (Wildman–Crippen MR) is 166 cm³/mol. The number of ether oxygens (including phenoxy) is 1. The zero-order chi connectivity index (χ0) is 31.4. The SMILES string of the molecule is CC1(C)CC(=O)C2=C(C1)N(CCC(=O)O)C1=C(C(=O)CC(C)(C)C1)C2c1c(OCc2cccc(F)c2)ccc2ccccc12. The van der Waals surface area contributed by atoms with E-state index in [2.05, 4.69) is 27.7 Å². The first-order valence-corrected chi connectivity index (χ1v) is 15.2. The van der Waals surface area contributed by atoms with Gasteiger partial charge >= 0.3 is 5.97 Å². The second kappa shape index (κ2) is 11.0. The Morgan fingerprint density at radius 2 is 1.52 bits per heavy atom. The first-order valence-electron chi connectivity index (χ1n) is 15.2. The van der Waals surface area contributed by atoms with Gasteiger partial charge in [-0.3, -0.25) is 14.4 Å². The van der Waals surface area contributed by atoms with E-state index in [0.29, 0.717) is 48.1 Å². The van der Waals surface area contributed by atoms with Crippen molar-refractivity contribution in [3.8, 4) is 5.75 Å². The fourth-order valence-corrected chi connectivity index (χ4v) is 7.30. The van der Waals surface area contributed by atoms with Crippen LogP contribution in [-0.2, 0) is 21.0 Å². The summed E-state index contributed by atoms with van der Waals surface area (Å²) in [5.74, 6) is -1.48. The Labute approximate surface area is 257 Å². The van der Waals surface area contributed by atoms with E-state index in [1.54, 1.807) is 12.1 Å². The Morgan fingerprint density at radius 1 is 0.886 bits per heavy atom. The molecule has 0 fully saturated rings. The number of carbonyl (C=O) groups excluding carboxylic acids is 2. The van der Waals surface area contributed by atoms with Gasteiger partial charge in [-0.2, -0.15) is 0 Å². The summed E-state index contributed by atoms with van der Waals surface area (Å²) in [4.78, 5) is 42.3. The number of benzene rings is 3. The van der Waals surface area contributed by atoms with Crippen molar-refractivity contribution in [3.63, 3.8) is 0 Å². The Kier molecular flexibility index (Phi) is 7.47. The number of allylic oxidation sites excluding steroid dienone is 4. The Morgan fingerprint density at radius 3 is 2.14 bits per heavy atom. The van der Waals surface area contributed by atoms with Crippen LogP contribution in [-0.4, -0.2) is 34.1 Å². The lowest BCUT2D eigenvalue weighted by atomic mass is 9.63. The highest BCUT2D eigenvalue weighted by molar-refractivity contribution is 6.08. The standard InChI is InChI=1S/C37H38FNO5/c1-36(2)17-26-33(28(40)19-36)35(34-27(39(26)15-14-31(42)43)18-37(3,4)20-29(34)41)32-25-11-6-5-9-23(25)12-13-30(32)44-21-22-8-7-10-24(38)16-22/h5-13,16,35H,14-15,17-21H2,1-4H3,(H,42,43). The largest absolute Gasteiger partial charge is 0.489 e. The van der Waals surface area contributed by atoms with Crippen molar-refractivity contribution in [1.82, 2.24) is 4.90 Å². The van der Waals surface area contributed by atoms with Gasteiger partial charge in [0, 0.05) is 53.4 Å². The quantitative estimate of drug-likeness (QED) is 0.301. The summed E-state index contributed by atoms with van der Waals surface area (Å²) in [7, 11) is 0. The number of carboxylic acid groups (broad SMARTS) is 1. The molecule has 0 bridgehead atoms. The summed E-state index contributed by atoms with van der Waals surface area (Å²) in [6, 6.07) is 18.0. The van der Waals surface area contributed by atoms with Crippen molar-refractivity contribution in [2.45, 2.75) is 72.3 Å². The van der Waals surface area contributed by atoms with Crippen LogP contribution < -0.4 is 4.74 Å². The van der Waals surface area contributed by atoms with Crippen LogP contribution in [0, 0.1) is 16.6 Å². The van der Waals surface area contributed by atoms with Crippen LogP contribution in [0.15, 0.2) is 83.2 Å². The van der Waals surface area contributed by atoms with Crippen molar-refractivity contribution in [3.05, 3.63) is 100 Å². The number of Topliss-reactive ketones (excluding diaryl/α,β-unsaturated/α-hetero) is 2. The molecule has 3 aromatic carbocycles. The molecule has 3 aliphatic rings. The zero-order valence-corrected chi connectivity index (χ0v) is 25.7. The average Bonchev–Trinajstić information content (AvgIpc) is 2.93. The summed E-state index contributed by atoms with van der Waals surface area (Å²) in [5.41, 5.74) is 3.50. The molecule has 0 atom stereocenters. The van der Waals surface area contributed by atoms with Gasteiger partial charge in [0.05, 0.1) is 6.42 Å². The number of halogens is 1. The second-order valence-corrected chi connectivity index (χ2v) is 13.9. The third-order valence-corrected chi connectivity index (χ3v) is 9.07. The van der Waals surface area contributed by atoms with Gasteiger partial charge in [-0.15, -0.1) is 0 Å². The summed E-state index contributed by atoms with van der Waals surface area (Å²) in [6.45, 7) is 8.54. The number of rotatable bonds is 7. The molecule has 1 aliphatic heterocycles. The van der Waals surface area contributed by atoms with Crippen molar-refractivity contribution in [2.24, 2.45) is 10.8 Å². The van der Waals surface area contributed by atoms with Gasteiger partial charge in [-0.1, -0.05) is 70.2 Å². The maximum Gasteiger partial charge on any atom is 0.305 e. The van der Waals surface area contributed by atoms with Crippen LogP contribution in [0.4, 0.5) is 4.39 Å². The Balaban J connectivity index is 1.61. The molecule has 3 aromatic rings. The van der Waals surface area contributed by atoms with Crippen molar-refractivity contribution >= 4 is 28.3 Å². The van der Waals surface area contributed by atoms with Crippen LogP contribution in [0.3, 0.4) is 0 Å². The number of carbonyl (C=O) groups is 3. The maximum atomic E-state index is 14.3. The highest BCUT2D eigenvalue weighted by Crippen LogP contribution is 2.56. The van der Waals surface area contributed by atoms with E-state index in [1.165, 1.54) is 12.1 Å². The lowest BCUT2D eigenvalue weighted by Gasteiger charge is -2.49. The normalized spacial score (nSPS) is 19.7. The Bertz CT molecular complexity index is 1710. The smallest absolute Gasteiger partial charge is 0.305 e. The number of fused-ring (bicyclic) bond motifs is 1. The molecule has 1 heterocycles. The Hall–Kier alpha value is -4.26. The maximum absolute atomic E-state index is 14.3. The van der Waals surface area contributed by atoms with Gasteiger partial charge in [0.1, 0.15) is 18.2 Å². The van der Waals surface area contributed by atoms with E-state index >= 15 is 0 Å². The number of ketones is 2. The van der Waals surface area contributed by atoms with Crippen molar-refractivity contribution in [1.29, 1.82) is 0 Å². The van der Waals surface area contributed by atoms with Crippen LogP contribution >= 0.6 is 0 Å². The van der Waals surface area contributed by atoms with E-state index in [9.17, 15) is 23.9 Å². The molecule has 7 heteroatoms. The van der Waals surface area contributed by atoms with Crippen LogP contribution in [0.1, 0.15) is 76.8 Å². The summed E-state index contributed by atoms with van der Waals surface area (Å²) in [5, 5.41) is 11.5. The molecule has 0 saturated heterocycles. The minimum atomic E-state index is -0.929. The number of hydrogen-bond acceptors (Lipinski definition) is 5. The molecule has 44 heavy (non-hydrogen) atoms. The summed E-state index contributed by atoms with van der Waals surface area (Å²) < 4.78 is 20.5. The minimum absolute atomic E-state index is 0.0326.